The summed E-state index contributed by atoms with van der Waals surface area (Å²) in [5, 5.41) is 3.74. The standard InChI is InChI=1S/C24H21Cl2N3O3/c1-11-6-12(2)20-16(7-11)24(23(32)27-20)19-18(17-4-3-5-28(17)24)21(30)29(22(19)31)15-9-13(25)8-14(26)10-15/h6-10,17-19H,3-5H2,1-2H3,(H,27,32)/t17-,18-,19-,24+/m1/s1. The number of hydrogen-bond acceptors (Lipinski definition) is 4. The van der Waals surface area contributed by atoms with Gasteiger partial charge in [0.2, 0.25) is 17.7 Å². The molecule has 3 saturated heterocycles. The van der Waals surface area contributed by atoms with Crippen molar-refractivity contribution in [1.29, 1.82) is 0 Å². The lowest BCUT2D eigenvalue weighted by atomic mass is 9.75. The third-order valence-electron chi connectivity index (χ3n) is 7.55. The predicted molar refractivity (Wildman–Crippen MR) is 122 cm³/mol. The van der Waals surface area contributed by atoms with E-state index in [1.165, 1.54) is 4.90 Å². The summed E-state index contributed by atoms with van der Waals surface area (Å²) in [5.41, 5.74) is 2.72. The van der Waals surface area contributed by atoms with E-state index in [1.54, 1.807) is 18.2 Å². The summed E-state index contributed by atoms with van der Waals surface area (Å²) < 4.78 is 0. The van der Waals surface area contributed by atoms with Crippen LogP contribution in [0.15, 0.2) is 30.3 Å². The molecule has 164 valence electrons. The fraction of sp³-hybridized carbons (Fsp3) is 0.375. The first kappa shape index (κ1) is 20.2. The van der Waals surface area contributed by atoms with Crippen LogP contribution in [0.25, 0.3) is 0 Å². The number of nitrogens with one attached hydrogen (secondary N) is 1. The van der Waals surface area contributed by atoms with Gasteiger partial charge in [0.05, 0.1) is 17.5 Å². The molecule has 1 spiro atoms. The van der Waals surface area contributed by atoms with Crippen molar-refractivity contribution in [3.8, 4) is 0 Å². The maximum Gasteiger partial charge on any atom is 0.250 e. The molecule has 2 aromatic rings. The smallest absolute Gasteiger partial charge is 0.250 e. The Morgan fingerprint density at radius 3 is 2.44 bits per heavy atom. The van der Waals surface area contributed by atoms with Crippen LogP contribution in [-0.4, -0.2) is 35.2 Å². The molecule has 3 fully saturated rings. The first-order valence-corrected chi connectivity index (χ1v) is 11.5. The Morgan fingerprint density at radius 2 is 1.72 bits per heavy atom. The predicted octanol–water partition coefficient (Wildman–Crippen LogP) is 4.04. The van der Waals surface area contributed by atoms with Crippen LogP contribution < -0.4 is 10.2 Å². The maximum atomic E-state index is 14.0. The number of aryl methyl sites for hydroxylation is 2. The molecule has 0 bridgehead atoms. The summed E-state index contributed by atoms with van der Waals surface area (Å²) in [6, 6.07) is 8.56. The number of hydrogen-bond donors (Lipinski definition) is 1. The van der Waals surface area contributed by atoms with E-state index in [0.29, 0.717) is 22.3 Å². The third-order valence-corrected chi connectivity index (χ3v) is 7.99. The molecule has 4 aliphatic heterocycles. The number of rotatable bonds is 1. The Labute approximate surface area is 195 Å². The van der Waals surface area contributed by atoms with Crippen LogP contribution in [0, 0.1) is 25.7 Å². The molecule has 0 unspecified atom stereocenters. The second-order valence-electron chi connectivity index (χ2n) is 9.27. The summed E-state index contributed by atoms with van der Waals surface area (Å²) in [6.45, 7) is 4.63. The van der Waals surface area contributed by atoms with Gasteiger partial charge in [-0.1, -0.05) is 40.9 Å². The molecule has 1 N–H and O–H groups in total. The fourth-order valence-corrected chi connectivity index (χ4v) is 7.10. The van der Waals surface area contributed by atoms with Crippen molar-refractivity contribution in [2.75, 3.05) is 16.8 Å². The van der Waals surface area contributed by atoms with E-state index in [9.17, 15) is 14.4 Å². The first-order chi connectivity index (χ1) is 15.2. The molecule has 0 aromatic heterocycles. The van der Waals surface area contributed by atoms with E-state index >= 15 is 0 Å². The summed E-state index contributed by atoms with van der Waals surface area (Å²) >= 11 is 12.3. The average molecular weight is 470 g/mol. The van der Waals surface area contributed by atoms with Gasteiger partial charge in [0.1, 0.15) is 5.54 Å². The minimum absolute atomic E-state index is 0.159. The van der Waals surface area contributed by atoms with Crippen LogP contribution in [0.4, 0.5) is 11.4 Å². The summed E-state index contributed by atoms with van der Waals surface area (Å²) in [6.07, 6.45) is 1.66. The van der Waals surface area contributed by atoms with Crippen molar-refractivity contribution in [1.82, 2.24) is 4.90 Å². The summed E-state index contributed by atoms with van der Waals surface area (Å²) in [4.78, 5) is 44.7. The first-order valence-electron chi connectivity index (χ1n) is 10.8. The Hall–Kier alpha value is -2.41. The third kappa shape index (κ3) is 2.33. The molecule has 4 heterocycles. The van der Waals surface area contributed by atoms with Gasteiger partial charge in [0.25, 0.3) is 0 Å². The number of carbonyl (C=O) groups is 3. The number of fused-ring (bicyclic) bond motifs is 7. The average Bonchev–Trinajstić information content (AvgIpc) is 3.40. The van der Waals surface area contributed by atoms with Gasteiger partial charge in [-0.15, -0.1) is 0 Å². The number of amides is 3. The second-order valence-corrected chi connectivity index (χ2v) is 10.1. The van der Waals surface area contributed by atoms with Crippen LogP contribution in [0.1, 0.15) is 29.5 Å². The minimum atomic E-state index is -1.18. The minimum Gasteiger partial charge on any atom is -0.324 e. The van der Waals surface area contributed by atoms with Gasteiger partial charge in [-0.2, -0.15) is 0 Å². The van der Waals surface area contributed by atoms with Gasteiger partial charge in [-0.3, -0.25) is 19.3 Å². The molecule has 6 nitrogen and oxygen atoms in total. The molecule has 4 atom stereocenters. The second kappa shape index (κ2) is 6.56. The van der Waals surface area contributed by atoms with Crippen LogP contribution in [-0.2, 0) is 19.9 Å². The Kier molecular flexibility index (Phi) is 4.15. The summed E-state index contributed by atoms with van der Waals surface area (Å²) in [7, 11) is 0. The van der Waals surface area contributed by atoms with E-state index in [4.69, 9.17) is 23.2 Å². The van der Waals surface area contributed by atoms with Crippen molar-refractivity contribution in [2.45, 2.75) is 38.3 Å². The largest absolute Gasteiger partial charge is 0.324 e. The van der Waals surface area contributed by atoms with Gasteiger partial charge in [0, 0.05) is 27.3 Å². The van der Waals surface area contributed by atoms with Crippen LogP contribution in [0.5, 0.6) is 0 Å². The van der Waals surface area contributed by atoms with E-state index in [2.05, 4.69) is 10.2 Å². The van der Waals surface area contributed by atoms with Gasteiger partial charge in [-0.05, 0) is 57.0 Å². The molecule has 32 heavy (non-hydrogen) atoms. The Bertz CT molecular complexity index is 1220. The van der Waals surface area contributed by atoms with E-state index in [1.807, 2.05) is 26.0 Å². The molecule has 0 aliphatic carbocycles. The molecular weight excluding hydrogens is 449 g/mol. The highest BCUT2D eigenvalue weighted by Gasteiger charge is 2.74. The normalized spacial score (nSPS) is 30.8. The van der Waals surface area contributed by atoms with Crippen molar-refractivity contribution in [2.24, 2.45) is 11.8 Å². The zero-order valence-corrected chi connectivity index (χ0v) is 19.1. The number of anilines is 2. The van der Waals surface area contributed by atoms with Gasteiger partial charge >= 0.3 is 0 Å². The quantitative estimate of drug-likeness (QED) is 0.639. The lowest BCUT2D eigenvalue weighted by molar-refractivity contribution is -0.135. The SMILES string of the molecule is Cc1cc(C)c2c(c1)[C@@]1(C(=O)N2)[C@H]2C(=O)N(c3cc(Cl)cc(Cl)c3)C(=O)[C@@H]2[C@H]2CCCN21. The van der Waals surface area contributed by atoms with Crippen molar-refractivity contribution >= 4 is 52.3 Å². The number of nitrogens with zero attached hydrogens (tertiary/aromatic N) is 2. The van der Waals surface area contributed by atoms with Crippen molar-refractivity contribution in [3.63, 3.8) is 0 Å². The lowest BCUT2D eigenvalue weighted by Gasteiger charge is -2.36. The molecular formula is C24H21Cl2N3O3. The maximum absolute atomic E-state index is 14.0. The van der Waals surface area contributed by atoms with Crippen LogP contribution in [0.2, 0.25) is 10.0 Å². The van der Waals surface area contributed by atoms with Crippen molar-refractivity contribution in [3.05, 3.63) is 57.1 Å². The Balaban J connectivity index is 1.58. The van der Waals surface area contributed by atoms with Crippen LogP contribution in [0.3, 0.4) is 0 Å². The van der Waals surface area contributed by atoms with Gasteiger partial charge in [0.15, 0.2) is 0 Å². The number of benzene rings is 2. The Morgan fingerprint density at radius 1 is 1.00 bits per heavy atom. The van der Waals surface area contributed by atoms with E-state index in [0.717, 1.165) is 35.2 Å². The monoisotopic (exact) mass is 469 g/mol. The molecule has 2 aromatic carbocycles. The number of halogens is 2. The molecule has 0 saturated carbocycles. The fourth-order valence-electron chi connectivity index (χ4n) is 6.58. The van der Waals surface area contributed by atoms with E-state index in [-0.39, 0.29) is 23.8 Å². The number of carbonyl (C=O) groups excluding carboxylic acids is 3. The molecule has 6 rings (SSSR count). The van der Waals surface area contributed by atoms with Gasteiger partial charge < -0.3 is 5.32 Å². The zero-order valence-electron chi connectivity index (χ0n) is 17.6. The highest BCUT2D eigenvalue weighted by atomic mass is 35.5. The highest BCUT2D eigenvalue weighted by molar-refractivity contribution is 6.36. The highest BCUT2D eigenvalue weighted by Crippen LogP contribution is 2.61. The van der Waals surface area contributed by atoms with Crippen LogP contribution >= 0.6 is 23.2 Å². The summed E-state index contributed by atoms with van der Waals surface area (Å²) in [5.74, 6) is -2.24. The van der Waals surface area contributed by atoms with Crippen molar-refractivity contribution < 1.29 is 14.4 Å². The zero-order chi connectivity index (χ0) is 22.5. The molecule has 4 aliphatic rings. The molecule has 3 amide bonds. The van der Waals surface area contributed by atoms with E-state index < -0.39 is 17.4 Å². The topological polar surface area (TPSA) is 69.7 Å². The van der Waals surface area contributed by atoms with Gasteiger partial charge in [-0.25, -0.2) is 4.90 Å². The molecule has 0 radical (unpaired) electrons. The number of imide groups is 1. The molecule has 8 heteroatoms. The lowest BCUT2D eigenvalue weighted by Crippen LogP contribution is -2.54.